The first-order chi connectivity index (χ1) is 30.4. The van der Waals surface area contributed by atoms with Crippen LogP contribution in [-0.2, 0) is 33.7 Å². The molecule has 14 nitrogen and oxygen atoms in total. The van der Waals surface area contributed by atoms with E-state index in [1.165, 1.54) is 6.07 Å². The molecule has 3 aromatic carbocycles. The average molecular weight is 893 g/mol. The van der Waals surface area contributed by atoms with Gasteiger partial charge in [0.2, 0.25) is 5.95 Å². The van der Waals surface area contributed by atoms with Crippen LogP contribution < -0.4 is 19.3 Å². The van der Waals surface area contributed by atoms with E-state index in [1.54, 1.807) is 48.0 Å². The third-order valence-corrected chi connectivity index (χ3v) is 11.5. The van der Waals surface area contributed by atoms with E-state index in [4.69, 9.17) is 40.3 Å². The molecule has 1 N–H and O–H groups in total. The fourth-order valence-corrected chi connectivity index (χ4v) is 8.55. The molecule has 2 aliphatic rings. The van der Waals surface area contributed by atoms with Crippen molar-refractivity contribution in [2.45, 2.75) is 97.1 Å². The third-order valence-electron chi connectivity index (χ3n) is 11.2. The summed E-state index contributed by atoms with van der Waals surface area (Å²) in [5.74, 6) is 0.311. The van der Waals surface area contributed by atoms with Crippen LogP contribution in [0.2, 0.25) is 5.02 Å². The standard InChI is InChI=1S/C48H50ClFN6O8/c1-27-34-19-20-55(42(34)53-44(51-27)56(45(57)58)46(59)64-47(2,3)4)39-23-31(40-41(39)63-48(5,6)62-40)14-9-30-21-37(50)35-24-36(49)43(52-38(35)22-30)54(25-28-10-15-32(60-7)16-11-28)26-29-12-17-33(61-8)18-13-29/h10-13,15-24,39-41H,9,14,25-26H2,1-8H3,(H,57,58)/t39-,40-,41+/m1/s1. The van der Waals surface area contributed by atoms with Gasteiger partial charge < -0.3 is 38.3 Å². The SMILES string of the molecule is COc1ccc(CN(Cc2ccc(OC)cc2)c2nc3cc(CCC4=C[C@@H](n5ccc6c(C)nc(N(C(=O)O)C(=O)OC(C)(C)C)nc65)[C@@H]5OC(C)(C)O[C@H]45)cc(F)c3cc2Cl)cc1. The summed E-state index contributed by atoms with van der Waals surface area (Å²) in [6, 6.07) is 22.0. The molecule has 3 atom stereocenters. The number of aromatic nitrogens is 4. The maximum atomic E-state index is 16.0. The van der Waals surface area contributed by atoms with Gasteiger partial charge in [-0.05, 0) is 125 Å². The lowest BCUT2D eigenvalue weighted by Crippen LogP contribution is -2.41. The summed E-state index contributed by atoms with van der Waals surface area (Å²) < 4.78 is 47.0. The molecule has 8 rings (SSSR count). The fraction of sp³-hybridized carbons (Fsp3) is 0.354. The number of carbonyl (C=O) groups is 2. The van der Waals surface area contributed by atoms with Crippen molar-refractivity contribution in [3.63, 3.8) is 0 Å². The molecule has 3 aromatic heterocycles. The lowest BCUT2D eigenvalue weighted by Gasteiger charge is -2.26. The van der Waals surface area contributed by atoms with Crippen LogP contribution in [0.1, 0.15) is 69.5 Å². The zero-order chi connectivity index (χ0) is 45.7. The van der Waals surface area contributed by atoms with Gasteiger partial charge in [0.25, 0.3) is 0 Å². The number of carbonyl (C=O) groups excluding carboxylic acids is 1. The van der Waals surface area contributed by atoms with Crippen molar-refractivity contribution in [1.82, 2.24) is 19.5 Å². The Bertz CT molecular complexity index is 2720. The summed E-state index contributed by atoms with van der Waals surface area (Å²) in [7, 11) is 3.25. The molecule has 0 spiro atoms. The predicted molar refractivity (Wildman–Crippen MR) is 241 cm³/mol. The largest absolute Gasteiger partial charge is 0.497 e. The van der Waals surface area contributed by atoms with Crippen LogP contribution in [0.4, 0.5) is 25.7 Å². The molecule has 334 valence electrons. The maximum absolute atomic E-state index is 16.0. The molecule has 1 aliphatic heterocycles. The molecule has 1 fully saturated rings. The summed E-state index contributed by atoms with van der Waals surface area (Å²) >= 11 is 6.93. The van der Waals surface area contributed by atoms with E-state index in [1.807, 2.05) is 85.3 Å². The number of ether oxygens (including phenoxy) is 5. The lowest BCUT2D eigenvalue weighted by molar-refractivity contribution is -0.147. The highest BCUT2D eigenvalue weighted by atomic mass is 35.5. The number of hydrogen-bond acceptors (Lipinski definition) is 11. The van der Waals surface area contributed by atoms with Crippen molar-refractivity contribution in [2.24, 2.45) is 0 Å². The molecule has 6 aromatic rings. The van der Waals surface area contributed by atoms with Crippen LogP contribution in [0.25, 0.3) is 21.9 Å². The van der Waals surface area contributed by atoms with E-state index in [-0.39, 0.29) is 5.95 Å². The third kappa shape index (κ3) is 9.19. The molecule has 0 saturated carbocycles. The fourth-order valence-electron chi connectivity index (χ4n) is 8.28. The maximum Gasteiger partial charge on any atom is 0.427 e. The summed E-state index contributed by atoms with van der Waals surface area (Å²) in [6.07, 6.45) is 1.26. The second-order valence-corrected chi connectivity index (χ2v) is 17.8. The van der Waals surface area contributed by atoms with Crippen LogP contribution in [0.3, 0.4) is 0 Å². The Morgan fingerprint density at radius 3 is 2.11 bits per heavy atom. The van der Waals surface area contributed by atoms with Crippen molar-refractivity contribution in [3.05, 3.63) is 124 Å². The number of nitrogens with zero attached hydrogens (tertiary/aromatic N) is 6. The number of pyridine rings is 1. The quantitative estimate of drug-likeness (QED) is 0.116. The van der Waals surface area contributed by atoms with E-state index < -0.39 is 47.6 Å². The first kappa shape index (κ1) is 44.3. The van der Waals surface area contributed by atoms with Gasteiger partial charge in [-0.15, -0.1) is 4.90 Å². The Labute approximate surface area is 375 Å². The molecule has 0 bridgehead atoms. The van der Waals surface area contributed by atoms with Crippen LogP contribution in [0, 0.1) is 12.7 Å². The molecular formula is C48H50ClFN6O8. The number of fused-ring (bicyclic) bond motifs is 3. The normalized spacial score (nSPS) is 17.9. The Kier molecular flexibility index (Phi) is 12.0. The van der Waals surface area contributed by atoms with Gasteiger partial charge >= 0.3 is 12.2 Å². The first-order valence-corrected chi connectivity index (χ1v) is 21.2. The second-order valence-electron chi connectivity index (χ2n) is 17.4. The van der Waals surface area contributed by atoms with Gasteiger partial charge in [0.05, 0.1) is 36.5 Å². The average Bonchev–Trinajstić information content (AvgIpc) is 3.90. The number of benzene rings is 3. The van der Waals surface area contributed by atoms with Crippen molar-refractivity contribution in [2.75, 3.05) is 24.0 Å². The predicted octanol–water partition coefficient (Wildman–Crippen LogP) is 10.4. The highest BCUT2D eigenvalue weighted by molar-refractivity contribution is 6.33. The monoisotopic (exact) mass is 892 g/mol. The van der Waals surface area contributed by atoms with E-state index >= 15 is 4.39 Å². The number of imide groups is 1. The van der Waals surface area contributed by atoms with Gasteiger partial charge in [-0.25, -0.2) is 23.9 Å². The number of methoxy groups -OCH3 is 2. The molecule has 1 saturated heterocycles. The topological polar surface area (TPSA) is 151 Å². The zero-order valence-electron chi connectivity index (χ0n) is 36.9. The Morgan fingerprint density at radius 1 is 0.875 bits per heavy atom. The Morgan fingerprint density at radius 2 is 1.52 bits per heavy atom. The van der Waals surface area contributed by atoms with Crippen molar-refractivity contribution >= 4 is 57.5 Å². The van der Waals surface area contributed by atoms with Crippen molar-refractivity contribution in [3.8, 4) is 11.5 Å². The summed E-state index contributed by atoms with van der Waals surface area (Å²) in [6.45, 7) is 11.3. The minimum atomic E-state index is -1.58. The first-order valence-electron chi connectivity index (χ1n) is 20.9. The molecule has 0 radical (unpaired) electrons. The number of carboxylic acid groups (broad SMARTS) is 1. The second kappa shape index (κ2) is 17.4. The molecule has 64 heavy (non-hydrogen) atoms. The molecule has 1 aliphatic carbocycles. The summed E-state index contributed by atoms with van der Waals surface area (Å²) in [4.78, 5) is 41.9. The molecule has 4 heterocycles. The number of amides is 2. The van der Waals surface area contributed by atoms with Gasteiger partial charge in [-0.3, -0.25) is 0 Å². The Balaban J connectivity index is 1.10. The van der Waals surface area contributed by atoms with Gasteiger partial charge in [-0.2, -0.15) is 4.98 Å². The summed E-state index contributed by atoms with van der Waals surface area (Å²) in [5, 5.41) is 11.4. The smallest absolute Gasteiger partial charge is 0.427 e. The van der Waals surface area contributed by atoms with Crippen LogP contribution in [0.15, 0.2) is 90.6 Å². The number of hydrogen-bond donors (Lipinski definition) is 1. The van der Waals surface area contributed by atoms with Crippen molar-refractivity contribution < 1.29 is 42.8 Å². The number of rotatable bonds is 12. The Hall–Kier alpha value is -6.29. The van der Waals surface area contributed by atoms with Crippen LogP contribution in [0.5, 0.6) is 11.5 Å². The minimum absolute atomic E-state index is 0.310. The van der Waals surface area contributed by atoms with E-state index in [2.05, 4.69) is 20.9 Å². The van der Waals surface area contributed by atoms with Gasteiger partial charge in [0, 0.05) is 30.1 Å². The molecule has 0 unspecified atom stereocenters. The van der Waals surface area contributed by atoms with Gasteiger partial charge in [0.1, 0.15) is 46.6 Å². The van der Waals surface area contributed by atoms with Gasteiger partial charge in [-0.1, -0.05) is 41.9 Å². The molecule has 16 heteroatoms. The number of halogens is 2. The number of aryl methyl sites for hydroxylation is 2. The lowest BCUT2D eigenvalue weighted by atomic mass is 10.0. The number of anilines is 2. The van der Waals surface area contributed by atoms with E-state index in [0.29, 0.717) is 69.3 Å². The van der Waals surface area contributed by atoms with Crippen LogP contribution >= 0.6 is 11.6 Å². The molecular weight excluding hydrogens is 843 g/mol. The van der Waals surface area contributed by atoms with E-state index in [0.717, 1.165) is 33.8 Å². The van der Waals surface area contributed by atoms with Crippen molar-refractivity contribution in [1.29, 1.82) is 0 Å². The summed E-state index contributed by atoms with van der Waals surface area (Å²) in [5.41, 5.74) is 4.08. The zero-order valence-corrected chi connectivity index (χ0v) is 37.6. The van der Waals surface area contributed by atoms with Gasteiger partial charge in [0.15, 0.2) is 5.79 Å². The van der Waals surface area contributed by atoms with E-state index in [9.17, 15) is 14.7 Å². The highest BCUT2D eigenvalue weighted by Gasteiger charge is 2.50. The molecule has 2 amide bonds. The highest BCUT2D eigenvalue weighted by Crippen LogP contribution is 2.46. The van der Waals surface area contributed by atoms with Crippen LogP contribution in [-0.4, -0.2) is 74.6 Å². The minimum Gasteiger partial charge on any atom is -0.497 e.